The first-order valence-corrected chi connectivity index (χ1v) is 10.8. The van der Waals surface area contributed by atoms with Gasteiger partial charge in [-0.2, -0.15) is 5.01 Å². The lowest BCUT2D eigenvalue weighted by Gasteiger charge is -2.31. The zero-order chi connectivity index (χ0) is 21.1. The summed E-state index contributed by atoms with van der Waals surface area (Å²) in [6.45, 7) is 1.35. The Balaban J connectivity index is 1.27. The number of piperidine rings is 1. The Morgan fingerprint density at radius 2 is 1.70 bits per heavy atom. The number of urea groups is 1. The first kappa shape index (κ1) is 20.5. The Kier molecular flexibility index (Phi) is 5.85. The van der Waals surface area contributed by atoms with Crippen LogP contribution in [0, 0.1) is 5.92 Å². The van der Waals surface area contributed by atoms with Crippen molar-refractivity contribution in [3.63, 3.8) is 0 Å². The van der Waals surface area contributed by atoms with Crippen LogP contribution in [0.5, 0.6) is 0 Å². The monoisotopic (exact) mass is 412 g/mol. The molecule has 0 aromatic heterocycles. The summed E-state index contributed by atoms with van der Waals surface area (Å²) in [5.41, 5.74) is 2.36. The van der Waals surface area contributed by atoms with E-state index in [2.05, 4.69) is 10.7 Å². The Morgan fingerprint density at radius 1 is 1.03 bits per heavy atom. The Hall–Kier alpha value is -2.74. The molecule has 2 heterocycles. The number of Topliss-reactive ketones (excluding diaryl/α,β-unsaturated/α-hetero) is 1. The lowest BCUT2D eigenvalue weighted by molar-refractivity contribution is -0.140. The maximum Gasteiger partial charge on any atom is 0.344 e. The topological polar surface area (TPSA) is 98.8 Å². The minimum Gasteiger partial charge on any atom is -0.322 e. The molecule has 2 aliphatic heterocycles. The van der Waals surface area contributed by atoms with Gasteiger partial charge in [0.1, 0.15) is 5.54 Å². The summed E-state index contributed by atoms with van der Waals surface area (Å²) in [5, 5.41) is 3.63. The van der Waals surface area contributed by atoms with E-state index in [1.807, 2.05) is 35.2 Å². The van der Waals surface area contributed by atoms with Crippen LogP contribution in [0.4, 0.5) is 4.79 Å². The van der Waals surface area contributed by atoms with E-state index in [4.69, 9.17) is 0 Å². The van der Waals surface area contributed by atoms with Gasteiger partial charge in [0.2, 0.25) is 0 Å². The standard InChI is InChI=1S/C22H28N4O4/c27-18(24-26-20(29)22(23-21(26)30)11-5-2-6-12-22)15-25-13-9-17(10-14-25)19(28)16-7-3-1-4-8-16/h1,3-4,7-8,17H,2,5-6,9-15H2,(H,23,30)(H,24,27). The summed E-state index contributed by atoms with van der Waals surface area (Å²) in [4.78, 5) is 52.0. The second-order valence-corrected chi connectivity index (χ2v) is 8.53. The number of hydrogen-bond donors (Lipinski definition) is 2. The van der Waals surface area contributed by atoms with Gasteiger partial charge in [0.15, 0.2) is 5.78 Å². The van der Waals surface area contributed by atoms with Crippen molar-refractivity contribution in [3.05, 3.63) is 35.9 Å². The van der Waals surface area contributed by atoms with E-state index in [0.717, 1.165) is 29.8 Å². The molecule has 0 bridgehead atoms. The molecule has 30 heavy (non-hydrogen) atoms. The maximum absolute atomic E-state index is 12.7. The molecule has 3 fully saturated rings. The third-order valence-corrected chi connectivity index (χ3v) is 6.49. The van der Waals surface area contributed by atoms with Gasteiger partial charge in [0.25, 0.3) is 11.8 Å². The molecule has 1 aromatic rings. The number of imide groups is 1. The number of nitrogens with zero attached hydrogens (tertiary/aromatic N) is 2. The molecule has 160 valence electrons. The molecule has 8 nitrogen and oxygen atoms in total. The van der Waals surface area contributed by atoms with Gasteiger partial charge in [0.05, 0.1) is 6.54 Å². The van der Waals surface area contributed by atoms with E-state index in [0.29, 0.717) is 38.8 Å². The number of carbonyl (C=O) groups excluding carboxylic acids is 4. The van der Waals surface area contributed by atoms with Crippen molar-refractivity contribution in [2.75, 3.05) is 19.6 Å². The van der Waals surface area contributed by atoms with E-state index in [9.17, 15) is 19.2 Å². The second kappa shape index (κ2) is 8.55. The number of nitrogens with one attached hydrogen (secondary N) is 2. The highest BCUT2D eigenvalue weighted by molar-refractivity contribution is 6.08. The van der Waals surface area contributed by atoms with Crippen LogP contribution in [-0.2, 0) is 9.59 Å². The second-order valence-electron chi connectivity index (χ2n) is 8.53. The van der Waals surface area contributed by atoms with Crippen LogP contribution in [0.2, 0.25) is 0 Å². The van der Waals surface area contributed by atoms with E-state index in [-0.39, 0.29) is 30.1 Å². The number of rotatable bonds is 5. The molecule has 1 spiro atoms. The summed E-state index contributed by atoms with van der Waals surface area (Å²) in [6, 6.07) is 8.72. The number of likely N-dealkylation sites (tertiary alicyclic amines) is 1. The zero-order valence-corrected chi connectivity index (χ0v) is 17.1. The third kappa shape index (κ3) is 4.09. The molecular weight excluding hydrogens is 384 g/mol. The van der Waals surface area contributed by atoms with Crippen LogP contribution in [0.3, 0.4) is 0 Å². The summed E-state index contributed by atoms with van der Waals surface area (Å²) in [6.07, 6.45) is 5.45. The minimum atomic E-state index is -0.848. The molecule has 1 aromatic carbocycles. The van der Waals surface area contributed by atoms with E-state index in [1.165, 1.54) is 0 Å². The first-order valence-electron chi connectivity index (χ1n) is 10.8. The largest absolute Gasteiger partial charge is 0.344 e. The lowest BCUT2D eigenvalue weighted by atomic mass is 9.82. The average molecular weight is 412 g/mol. The van der Waals surface area contributed by atoms with Gasteiger partial charge < -0.3 is 5.32 Å². The molecule has 0 unspecified atom stereocenters. The smallest absolute Gasteiger partial charge is 0.322 e. The van der Waals surface area contributed by atoms with Crippen LogP contribution in [0.1, 0.15) is 55.3 Å². The molecule has 0 radical (unpaired) electrons. The number of ketones is 1. The molecule has 3 aliphatic rings. The normalized spacial score (nSPS) is 22.2. The van der Waals surface area contributed by atoms with Crippen molar-refractivity contribution >= 4 is 23.6 Å². The average Bonchev–Trinajstić information content (AvgIpc) is 2.98. The van der Waals surface area contributed by atoms with Gasteiger partial charge in [-0.3, -0.25) is 24.7 Å². The quantitative estimate of drug-likeness (QED) is 0.568. The van der Waals surface area contributed by atoms with Gasteiger partial charge in [-0.05, 0) is 38.8 Å². The van der Waals surface area contributed by atoms with Crippen molar-refractivity contribution in [1.29, 1.82) is 0 Å². The molecule has 4 rings (SSSR count). The van der Waals surface area contributed by atoms with Crippen molar-refractivity contribution in [2.24, 2.45) is 5.92 Å². The van der Waals surface area contributed by atoms with Crippen molar-refractivity contribution in [3.8, 4) is 0 Å². The minimum absolute atomic E-state index is 0.0381. The SMILES string of the molecule is O=C(CN1CCC(C(=O)c2ccccc2)CC1)NN1C(=O)NC2(CCCCC2)C1=O. The van der Waals surface area contributed by atoms with Crippen LogP contribution in [0.15, 0.2) is 30.3 Å². The Bertz CT molecular complexity index is 827. The summed E-state index contributed by atoms with van der Waals surface area (Å²) >= 11 is 0. The molecule has 4 amide bonds. The van der Waals surface area contributed by atoms with Crippen molar-refractivity contribution in [2.45, 2.75) is 50.5 Å². The van der Waals surface area contributed by atoms with Gasteiger partial charge >= 0.3 is 6.03 Å². The predicted octanol–water partition coefficient (Wildman–Crippen LogP) is 1.87. The number of amides is 4. The number of carbonyl (C=O) groups is 4. The molecule has 0 atom stereocenters. The fourth-order valence-corrected chi connectivity index (χ4v) is 4.77. The predicted molar refractivity (Wildman–Crippen MR) is 109 cm³/mol. The van der Waals surface area contributed by atoms with Crippen molar-refractivity contribution in [1.82, 2.24) is 20.7 Å². The van der Waals surface area contributed by atoms with E-state index in [1.54, 1.807) is 0 Å². The lowest BCUT2D eigenvalue weighted by Crippen LogP contribution is -2.53. The van der Waals surface area contributed by atoms with Gasteiger partial charge in [-0.25, -0.2) is 4.79 Å². The third-order valence-electron chi connectivity index (χ3n) is 6.49. The summed E-state index contributed by atoms with van der Waals surface area (Å²) in [7, 11) is 0. The summed E-state index contributed by atoms with van der Waals surface area (Å²) in [5.74, 6) is -0.632. The zero-order valence-electron chi connectivity index (χ0n) is 17.1. The number of hydrogen-bond acceptors (Lipinski definition) is 5. The van der Waals surface area contributed by atoms with Gasteiger partial charge in [-0.1, -0.05) is 49.6 Å². The Morgan fingerprint density at radius 3 is 2.37 bits per heavy atom. The maximum atomic E-state index is 12.7. The molecular formula is C22H28N4O4. The highest BCUT2D eigenvalue weighted by atomic mass is 16.2. The molecule has 2 N–H and O–H groups in total. The Labute approximate surface area is 175 Å². The van der Waals surface area contributed by atoms with E-state index < -0.39 is 11.6 Å². The highest BCUT2D eigenvalue weighted by Gasteiger charge is 2.52. The van der Waals surface area contributed by atoms with Gasteiger partial charge in [-0.15, -0.1) is 0 Å². The molecule has 1 saturated carbocycles. The fraction of sp³-hybridized carbons (Fsp3) is 0.545. The van der Waals surface area contributed by atoms with Crippen LogP contribution >= 0.6 is 0 Å². The summed E-state index contributed by atoms with van der Waals surface area (Å²) < 4.78 is 0. The van der Waals surface area contributed by atoms with Gasteiger partial charge in [0, 0.05) is 11.5 Å². The van der Waals surface area contributed by atoms with E-state index >= 15 is 0 Å². The molecule has 1 aliphatic carbocycles. The molecule has 2 saturated heterocycles. The first-order chi connectivity index (χ1) is 14.5. The van der Waals surface area contributed by atoms with Crippen LogP contribution < -0.4 is 10.7 Å². The highest BCUT2D eigenvalue weighted by Crippen LogP contribution is 2.33. The number of hydrazine groups is 1. The van der Waals surface area contributed by atoms with Crippen LogP contribution in [0.25, 0.3) is 0 Å². The fourth-order valence-electron chi connectivity index (χ4n) is 4.77. The van der Waals surface area contributed by atoms with Crippen LogP contribution in [-0.4, -0.2) is 58.7 Å². The van der Waals surface area contributed by atoms with Crippen molar-refractivity contribution < 1.29 is 19.2 Å². The number of benzene rings is 1. The molecule has 8 heteroatoms.